The highest BCUT2D eigenvalue weighted by Gasteiger charge is 2.30. The lowest BCUT2D eigenvalue weighted by Crippen LogP contribution is -2.40. The number of morpholine rings is 1. The van der Waals surface area contributed by atoms with Crippen LogP contribution in [0.2, 0.25) is 0 Å². The minimum Gasteiger partial charge on any atom is -0.437 e. The summed E-state index contributed by atoms with van der Waals surface area (Å²) in [5.74, 6) is 1.44. The average Bonchev–Trinajstić information content (AvgIpc) is 2.91. The lowest BCUT2D eigenvalue weighted by molar-refractivity contribution is 0.0704. The summed E-state index contributed by atoms with van der Waals surface area (Å²) >= 11 is 0. The number of ether oxygens (including phenoxy) is 2. The molecular weight excluding hydrogens is 440 g/mol. The topological polar surface area (TPSA) is 67.8 Å². The summed E-state index contributed by atoms with van der Waals surface area (Å²) in [6.45, 7) is 8.54. The number of benzene rings is 2. The Morgan fingerprint density at radius 3 is 2.63 bits per heavy atom. The molecule has 5 rings (SSSR count). The highest BCUT2D eigenvalue weighted by Crippen LogP contribution is 2.34. The number of carbonyl (C=O) groups excluding carboxylic acids is 1. The fraction of sp³-hybridized carbons (Fsp3) is 0.393. The van der Waals surface area contributed by atoms with Gasteiger partial charge in [-0.25, -0.2) is 4.98 Å². The maximum atomic E-state index is 13.7. The molecule has 3 heterocycles. The third-order valence-electron chi connectivity index (χ3n) is 6.97. The zero-order valence-electron chi connectivity index (χ0n) is 20.4. The number of anilines is 1. The first kappa shape index (κ1) is 23.3. The van der Waals surface area contributed by atoms with Gasteiger partial charge in [-0.3, -0.25) is 9.78 Å². The molecule has 0 spiro atoms. The summed E-state index contributed by atoms with van der Waals surface area (Å²) in [6, 6.07) is 13.9. The van der Waals surface area contributed by atoms with E-state index in [1.54, 1.807) is 12.4 Å². The first-order chi connectivity index (χ1) is 17.1. The maximum Gasteiger partial charge on any atom is 0.254 e. The minimum atomic E-state index is 0.0724. The van der Waals surface area contributed by atoms with Crippen LogP contribution in [0.5, 0.6) is 11.6 Å². The number of aryl methyl sites for hydroxylation is 1. The summed E-state index contributed by atoms with van der Waals surface area (Å²) in [5.41, 5.74) is 4.78. The van der Waals surface area contributed by atoms with E-state index in [4.69, 9.17) is 9.47 Å². The van der Waals surface area contributed by atoms with Gasteiger partial charge in [0.25, 0.3) is 5.91 Å². The second-order valence-corrected chi connectivity index (χ2v) is 9.25. The number of aromatic nitrogens is 2. The molecular formula is C28H32N4O3. The predicted octanol–water partition coefficient (Wildman–Crippen LogP) is 4.74. The van der Waals surface area contributed by atoms with Crippen molar-refractivity contribution in [1.29, 1.82) is 0 Å². The molecule has 2 aliphatic rings. The molecule has 2 aromatic carbocycles. The quantitative estimate of drug-likeness (QED) is 0.534. The second-order valence-electron chi connectivity index (χ2n) is 9.25. The number of likely N-dealkylation sites (tertiary alicyclic amines) is 1. The van der Waals surface area contributed by atoms with Crippen LogP contribution < -0.4 is 9.64 Å². The van der Waals surface area contributed by atoms with Gasteiger partial charge in [0.2, 0.25) is 5.88 Å². The van der Waals surface area contributed by atoms with Crippen molar-refractivity contribution in [1.82, 2.24) is 14.9 Å². The summed E-state index contributed by atoms with van der Waals surface area (Å²) in [5, 5.41) is 0. The third kappa shape index (κ3) is 5.00. The molecule has 0 N–H and O–H groups in total. The van der Waals surface area contributed by atoms with Crippen molar-refractivity contribution < 1.29 is 14.3 Å². The van der Waals surface area contributed by atoms with E-state index < -0.39 is 0 Å². The van der Waals surface area contributed by atoms with Gasteiger partial charge in [-0.1, -0.05) is 24.3 Å². The Kier molecular flexibility index (Phi) is 6.95. The van der Waals surface area contributed by atoms with Gasteiger partial charge in [0, 0.05) is 55.7 Å². The number of para-hydroxylation sites is 1. The third-order valence-corrected chi connectivity index (χ3v) is 6.97. The van der Waals surface area contributed by atoms with Gasteiger partial charge in [0.05, 0.1) is 13.2 Å². The molecule has 3 aromatic rings. The highest BCUT2D eigenvalue weighted by molar-refractivity contribution is 5.97. The zero-order chi connectivity index (χ0) is 24.2. The van der Waals surface area contributed by atoms with Crippen molar-refractivity contribution in [3.8, 4) is 11.6 Å². The molecule has 2 aliphatic heterocycles. The van der Waals surface area contributed by atoms with Gasteiger partial charge in [0.15, 0.2) is 0 Å². The standard InChI is InChI=1S/C28H32N4O3/c1-20-7-3-4-11-25(20)35-27-26(29-12-13-30-27)22-8-6-14-32(19-22)28(33)23-9-5-10-24(21(23)2)31-15-17-34-18-16-31/h3-5,7,9-13,22H,6,8,14-19H2,1-2H3. The molecule has 182 valence electrons. The van der Waals surface area contributed by atoms with Crippen LogP contribution in [0.1, 0.15) is 45.9 Å². The molecule has 7 nitrogen and oxygen atoms in total. The number of piperidine rings is 1. The van der Waals surface area contributed by atoms with Crippen LogP contribution in [0.3, 0.4) is 0 Å². The molecule has 1 aromatic heterocycles. The summed E-state index contributed by atoms with van der Waals surface area (Å²) in [7, 11) is 0. The Balaban J connectivity index is 1.36. The molecule has 35 heavy (non-hydrogen) atoms. The van der Waals surface area contributed by atoms with Crippen molar-refractivity contribution in [2.45, 2.75) is 32.6 Å². The van der Waals surface area contributed by atoms with Crippen LogP contribution in [0, 0.1) is 13.8 Å². The fourth-order valence-corrected chi connectivity index (χ4v) is 5.03. The summed E-state index contributed by atoms with van der Waals surface area (Å²) < 4.78 is 11.7. The SMILES string of the molecule is Cc1ccccc1Oc1nccnc1C1CCCN(C(=O)c2cccc(N3CCOCC3)c2C)C1. The zero-order valence-corrected chi connectivity index (χ0v) is 20.4. The lowest BCUT2D eigenvalue weighted by atomic mass is 9.93. The molecule has 1 amide bonds. The average molecular weight is 473 g/mol. The monoisotopic (exact) mass is 472 g/mol. The molecule has 2 saturated heterocycles. The first-order valence-electron chi connectivity index (χ1n) is 12.4. The van der Waals surface area contributed by atoms with E-state index in [0.29, 0.717) is 12.4 Å². The van der Waals surface area contributed by atoms with E-state index in [1.165, 1.54) is 0 Å². The van der Waals surface area contributed by atoms with E-state index in [-0.39, 0.29) is 11.8 Å². The van der Waals surface area contributed by atoms with E-state index in [9.17, 15) is 4.79 Å². The van der Waals surface area contributed by atoms with Crippen LogP contribution in [0.4, 0.5) is 5.69 Å². The molecule has 1 unspecified atom stereocenters. The summed E-state index contributed by atoms with van der Waals surface area (Å²) in [6.07, 6.45) is 5.22. The smallest absolute Gasteiger partial charge is 0.254 e. The number of hydrogen-bond donors (Lipinski definition) is 0. The molecule has 0 radical (unpaired) electrons. The van der Waals surface area contributed by atoms with Crippen LogP contribution in [-0.4, -0.2) is 60.2 Å². The molecule has 0 aliphatic carbocycles. The number of rotatable bonds is 5. The van der Waals surface area contributed by atoms with Gasteiger partial charge < -0.3 is 19.3 Å². The van der Waals surface area contributed by atoms with Gasteiger partial charge in [-0.15, -0.1) is 0 Å². The van der Waals surface area contributed by atoms with Crippen molar-refractivity contribution in [3.05, 3.63) is 77.2 Å². The van der Waals surface area contributed by atoms with Gasteiger partial charge in [0.1, 0.15) is 11.4 Å². The number of carbonyl (C=O) groups is 1. The Morgan fingerprint density at radius 1 is 1.00 bits per heavy atom. The van der Waals surface area contributed by atoms with E-state index in [1.807, 2.05) is 48.2 Å². The van der Waals surface area contributed by atoms with Crippen LogP contribution in [0.25, 0.3) is 0 Å². The molecule has 0 saturated carbocycles. The molecule has 0 bridgehead atoms. The van der Waals surface area contributed by atoms with Crippen molar-refractivity contribution in [3.63, 3.8) is 0 Å². The number of hydrogen-bond acceptors (Lipinski definition) is 6. The van der Waals surface area contributed by atoms with E-state index in [2.05, 4.69) is 27.9 Å². The van der Waals surface area contributed by atoms with Gasteiger partial charge in [-0.05, 0) is 56.0 Å². The van der Waals surface area contributed by atoms with Crippen molar-refractivity contribution >= 4 is 11.6 Å². The second kappa shape index (κ2) is 10.4. The molecule has 7 heteroatoms. The van der Waals surface area contributed by atoms with Crippen LogP contribution in [0.15, 0.2) is 54.9 Å². The summed E-state index contributed by atoms with van der Waals surface area (Å²) in [4.78, 5) is 27.1. The van der Waals surface area contributed by atoms with Crippen molar-refractivity contribution in [2.75, 3.05) is 44.3 Å². The lowest BCUT2D eigenvalue weighted by Gasteiger charge is -2.34. The predicted molar refractivity (Wildman–Crippen MR) is 135 cm³/mol. The van der Waals surface area contributed by atoms with Gasteiger partial charge >= 0.3 is 0 Å². The number of nitrogens with zero attached hydrogens (tertiary/aromatic N) is 4. The minimum absolute atomic E-state index is 0.0724. The van der Waals surface area contributed by atoms with Gasteiger partial charge in [-0.2, -0.15) is 0 Å². The Bertz CT molecular complexity index is 1190. The van der Waals surface area contributed by atoms with Crippen LogP contribution in [-0.2, 0) is 4.74 Å². The number of amides is 1. The largest absolute Gasteiger partial charge is 0.437 e. The van der Waals surface area contributed by atoms with E-state index in [0.717, 1.165) is 79.5 Å². The van der Waals surface area contributed by atoms with Crippen molar-refractivity contribution in [2.24, 2.45) is 0 Å². The Labute approximate surface area is 206 Å². The Hall–Kier alpha value is -3.45. The van der Waals surface area contributed by atoms with E-state index >= 15 is 0 Å². The first-order valence-corrected chi connectivity index (χ1v) is 12.4. The Morgan fingerprint density at radius 2 is 1.80 bits per heavy atom. The van der Waals surface area contributed by atoms with Crippen LogP contribution >= 0.6 is 0 Å². The normalized spacial score (nSPS) is 18.4. The molecule has 2 fully saturated rings. The highest BCUT2D eigenvalue weighted by atomic mass is 16.5. The molecule has 1 atom stereocenters. The fourth-order valence-electron chi connectivity index (χ4n) is 5.03. The maximum absolute atomic E-state index is 13.7.